The average Bonchev–Trinajstić information content (AvgIpc) is 1.85. The fourth-order valence-corrected chi connectivity index (χ4v) is 3.62. The van der Waals surface area contributed by atoms with Gasteiger partial charge in [0.05, 0.1) is 0 Å². The molecule has 0 aromatic heterocycles. The minimum Gasteiger partial charge on any atom is -0.394 e. The molecule has 0 N–H and O–H groups in total. The maximum atomic E-state index is 10.9. The Kier molecular flexibility index (Phi) is 5.36. The van der Waals surface area contributed by atoms with Gasteiger partial charge in [-0.2, -0.15) is 0 Å². The quantitative estimate of drug-likeness (QED) is 0.598. The third-order valence-electron chi connectivity index (χ3n) is 1.47. The second-order valence-corrected chi connectivity index (χ2v) is 6.08. The summed E-state index contributed by atoms with van der Waals surface area (Å²) in [5.74, 6) is 0.145. The molecule has 0 aromatic carbocycles. The Balaban J connectivity index is 4.07. The molecule has 72 valence electrons. The highest BCUT2D eigenvalue weighted by Gasteiger charge is 2.32. The van der Waals surface area contributed by atoms with Gasteiger partial charge in [0.15, 0.2) is 0 Å². The second kappa shape index (κ2) is 5.45. The van der Waals surface area contributed by atoms with Gasteiger partial charge in [-0.05, 0) is 27.3 Å². The van der Waals surface area contributed by atoms with Crippen LogP contribution in [0.1, 0.15) is 20.8 Å². The molecule has 0 saturated heterocycles. The maximum Gasteiger partial charge on any atom is 0.342 e. The molecule has 0 spiro atoms. The lowest BCUT2D eigenvalue weighted by atomic mass is 10.5. The molecule has 0 aliphatic carbocycles. The SMILES string of the molecule is CCO[Si](C)(CC(C)=O)OCC. The molecule has 3 nitrogen and oxygen atoms in total. The predicted molar refractivity (Wildman–Crippen MR) is 50.4 cm³/mol. The van der Waals surface area contributed by atoms with Gasteiger partial charge in [0.2, 0.25) is 0 Å². The molecule has 0 amide bonds. The summed E-state index contributed by atoms with van der Waals surface area (Å²) in [5, 5.41) is 0. The molecular weight excluding hydrogens is 172 g/mol. The van der Waals surface area contributed by atoms with Gasteiger partial charge in [-0.3, -0.25) is 0 Å². The average molecular weight is 190 g/mol. The molecule has 0 aliphatic rings. The van der Waals surface area contributed by atoms with Crippen molar-refractivity contribution in [1.29, 1.82) is 0 Å². The predicted octanol–water partition coefficient (Wildman–Crippen LogP) is 1.72. The number of carbonyl (C=O) groups is 1. The van der Waals surface area contributed by atoms with Crippen molar-refractivity contribution >= 4 is 14.3 Å². The smallest absolute Gasteiger partial charge is 0.342 e. The van der Waals surface area contributed by atoms with Crippen LogP contribution in [-0.4, -0.2) is 27.6 Å². The van der Waals surface area contributed by atoms with Gasteiger partial charge < -0.3 is 13.6 Å². The fraction of sp³-hybridized carbons (Fsp3) is 0.875. The Hall–Kier alpha value is -0.193. The van der Waals surface area contributed by atoms with Gasteiger partial charge in [0.1, 0.15) is 5.78 Å². The van der Waals surface area contributed by atoms with Crippen molar-refractivity contribution in [1.82, 2.24) is 0 Å². The monoisotopic (exact) mass is 190 g/mol. The molecule has 0 radical (unpaired) electrons. The van der Waals surface area contributed by atoms with Crippen LogP contribution in [-0.2, 0) is 13.6 Å². The molecule has 12 heavy (non-hydrogen) atoms. The molecule has 0 saturated carbocycles. The van der Waals surface area contributed by atoms with E-state index in [0.717, 1.165) is 0 Å². The highest BCUT2D eigenvalue weighted by molar-refractivity contribution is 6.69. The molecule has 0 bridgehead atoms. The zero-order chi connectivity index (χ0) is 9.61. The molecule has 0 rings (SSSR count). The first-order valence-corrected chi connectivity index (χ1v) is 6.83. The Labute approximate surface area is 75.3 Å². The van der Waals surface area contributed by atoms with Crippen molar-refractivity contribution in [3.8, 4) is 0 Å². The van der Waals surface area contributed by atoms with Gasteiger partial charge in [0, 0.05) is 19.3 Å². The molecule has 0 heterocycles. The summed E-state index contributed by atoms with van der Waals surface area (Å²) in [5.41, 5.74) is 0. The van der Waals surface area contributed by atoms with Crippen LogP contribution in [0.2, 0.25) is 12.6 Å². The number of Topliss-reactive ketones (excluding diaryl/α,β-unsaturated/α-hetero) is 1. The van der Waals surface area contributed by atoms with Crippen molar-refractivity contribution in [2.45, 2.75) is 33.4 Å². The van der Waals surface area contributed by atoms with E-state index in [-0.39, 0.29) is 5.78 Å². The van der Waals surface area contributed by atoms with Gasteiger partial charge >= 0.3 is 8.56 Å². The largest absolute Gasteiger partial charge is 0.394 e. The molecular formula is C8H18O3Si. The number of rotatable bonds is 6. The van der Waals surface area contributed by atoms with Crippen LogP contribution < -0.4 is 0 Å². The number of ketones is 1. The van der Waals surface area contributed by atoms with Crippen LogP contribution in [0.5, 0.6) is 0 Å². The summed E-state index contributed by atoms with van der Waals surface area (Å²) in [7, 11) is -2.16. The second-order valence-electron chi connectivity index (χ2n) is 2.88. The fourth-order valence-electron chi connectivity index (χ4n) is 1.21. The van der Waals surface area contributed by atoms with E-state index in [0.29, 0.717) is 19.3 Å². The van der Waals surface area contributed by atoms with Gasteiger partial charge in [-0.25, -0.2) is 0 Å². The van der Waals surface area contributed by atoms with Crippen LogP contribution in [0.4, 0.5) is 0 Å². The number of hydrogen-bond donors (Lipinski definition) is 0. The lowest BCUT2D eigenvalue weighted by Crippen LogP contribution is -2.40. The van der Waals surface area contributed by atoms with Crippen molar-refractivity contribution in [3.63, 3.8) is 0 Å². The van der Waals surface area contributed by atoms with Crippen LogP contribution in [0, 0.1) is 0 Å². The zero-order valence-corrected chi connectivity index (χ0v) is 9.35. The summed E-state index contributed by atoms with van der Waals surface area (Å²) in [6, 6.07) is 0.453. The van der Waals surface area contributed by atoms with Crippen molar-refractivity contribution < 1.29 is 13.6 Å². The summed E-state index contributed by atoms with van der Waals surface area (Å²) in [4.78, 5) is 10.9. The van der Waals surface area contributed by atoms with E-state index in [2.05, 4.69) is 0 Å². The Bertz CT molecular complexity index is 141. The topological polar surface area (TPSA) is 35.5 Å². The minimum absolute atomic E-state index is 0.145. The normalized spacial score (nSPS) is 11.7. The molecule has 0 fully saturated rings. The lowest BCUT2D eigenvalue weighted by Gasteiger charge is -2.24. The van der Waals surface area contributed by atoms with Crippen LogP contribution in [0.15, 0.2) is 0 Å². The zero-order valence-electron chi connectivity index (χ0n) is 8.35. The molecule has 0 unspecified atom stereocenters. The number of hydrogen-bond acceptors (Lipinski definition) is 3. The standard InChI is InChI=1S/C8H18O3Si/c1-5-10-12(4,11-6-2)7-8(3)9/h5-7H2,1-4H3. The van der Waals surface area contributed by atoms with Crippen molar-refractivity contribution in [2.75, 3.05) is 13.2 Å². The first-order valence-electron chi connectivity index (χ1n) is 4.31. The van der Waals surface area contributed by atoms with E-state index in [9.17, 15) is 4.79 Å². The van der Waals surface area contributed by atoms with Crippen molar-refractivity contribution in [2.24, 2.45) is 0 Å². The van der Waals surface area contributed by atoms with E-state index >= 15 is 0 Å². The number of carbonyl (C=O) groups excluding carboxylic acids is 1. The minimum atomic E-state index is -2.16. The summed E-state index contributed by atoms with van der Waals surface area (Å²) >= 11 is 0. The first-order chi connectivity index (χ1) is 5.54. The van der Waals surface area contributed by atoms with E-state index in [1.807, 2.05) is 20.4 Å². The van der Waals surface area contributed by atoms with Crippen LogP contribution in [0.25, 0.3) is 0 Å². The van der Waals surface area contributed by atoms with Gasteiger partial charge in [-0.15, -0.1) is 0 Å². The van der Waals surface area contributed by atoms with E-state index < -0.39 is 8.56 Å². The molecule has 0 aliphatic heterocycles. The van der Waals surface area contributed by atoms with Crippen molar-refractivity contribution in [3.05, 3.63) is 0 Å². The van der Waals surface area contributed by atoms with E-state index in [1.54, 1.807) is 6.92 Å². The third-order valence-corrected chi connectivity index (χ3v) is 4.41. The summed E-state index contributed by atoms with van der Waals surface area (Å²) in [6.45, 7) is 8.59. The van der Waals surface area contributed by atoms with Gasteiger partial charge in [0.25, 0.3) is 0 Å². The third kappa shape index (κ3) is 4.64. The van der Waals surface area contributed by atoms with E-state index in [4.69, 9.17) is 8.85 Å². The highest BCUT2D eigenvalue weighted by Crippen LogP contribution is 2.13. The first kappa shape index (κ1) is 11.8. The van der Waals surface area contributed by atoms with Gasteiger partial charge in [-0.1, -0.05) is 0 Å². The van der Waals surface area contributed by atoms with Crippen LogP contribution in [0.3, 0.4) is 0 Å². The Morgan fingerprint density at radius 3 is 1.92 bits per heavy atom. The summed E-state index contributed by atoms with van der Waals surface area (Å²) in [6.07, 6.45) is 0. The molecule has 4 heteroatoms. The summed E-state index contributed by atoms with van der Waals surface area (Å²) < 4.78 is 11.0. The van der Waals surface area contributed by atoms with E-state index in [1.165, 1.54) is 0 Å². The lowest BCUT2D eigenvalue weighted by molar-refractivity contribution is -0.115. The maximum absolute atomic E-state index is 10.9. The Morgan fingerprint density at radius 2 is 1.67 bits per heavy atom. The molecule has 0 aromatic rings. The van der Waals surface area contributed by atoms with Crippen LogP contribution >= 0.6 is 0 Å². The molecule has 0 atom stereocenters. The highest BCUT2D eigenvalue weighted by atomic mass is 28.4. The Morgan fingerprint density at radius 1 is 1.25 bits per heavy atom.